The maximum atomic E-state index is 12.7. The Labute approximate surface area is 219 Å². The van der Waals surface area contributed by atoms with Gasteiger partial charge in [0.15, 0.2) is 4.34 Å². The van der Waals surface area contributed by atoms with E-state index in [-0.39, 0.29) is 17.6 Å². The second-order valence-electron chi connectivity index (χ2n) is 8.45. The van der Waals surface area contributed by atoms with Gasteiger partial charge in [0.25, 0.3) is 5.91 Å². The number of thioether (sulfide) groups is 1. The number of aromatic nitrogens is 1. The summed E-state index contributed by atoms with van der Waals surface area (Å²) >= 11 is 2.91. The molecule has 2 amide bonds. The van der Waals surface area contributed by atoms with Gasteiger partial charge in [0.1, 0.15) is 5.75 Å². The molecule has 0 fully saturated rings. The Morgan fingerprint density at radius 2 is 1.75 bits per heavy atom. The lowest BCUT2D eigenvalue weighted by atomic mass is 10.1. The van der Waals surface area contributed by atoms with Crippen molar-refractivity contribution in [2.75, 3.05) is 23.0 Å². The van der Waals surface area contributed by atoms with Crippen molar-refractivity contribution < 1.29 is 14.3 Å². The third kappa shape index (κ3) is 6.65. The molecule has 0 radical (unpaired) electrons. The number of fused-ring (bicyclic) bond motifs is 1. The Balaban J connectivity index is 1.34. The van der Waals surface area contributed by atoms with Crippen molar-refractivity contribution in [3.05, 3.63) is 77.4 Å². The van der Waals surface area contributed by atoms with Crippen LogP contribution < -0.4 is 15.4 Å². The number of aryl methyl sites for hydroxylation is 2. The summed E-state index contributed by atoms with van der Waals surface area (Å²) in [4.78, 5) is 29.8. The zero-order chi connectivity index (χ0) is 25.5. The molecule has 0 aliphatic rings. The maximum Gasteiger partial charge on any atom is 0.255 e. The SMILES string of the molecule is CCCCOc1ccc(C(=O)Nc2ccc3nc(SCC(=O)Nc4c(C)cccc4C)sc3c2)cc1. The van der Waals surface area contributed by atoms with Crippen LogP contribution in [-0.2, 0) is 4.79 Å². The first kappa shape index (κ1) is 25.7. The number of amides is 2. The molecule has 0 aliphatic heterocycles. The molecule has 0 spiro atoms. The number of thiazole rings is 1. The summed E-state index contributed by atoms with van der Waals surface area (Å²) in [5, 5.41) is 5.95. The van der Waals surface area contributed by atoms with Crippen LogP contribution in [0.4, 0.5) is 11.4 Å². The lowest BCUT2D eigenvalue weighted by Gasteiger charge is -2.10. The standard InChI is InChI=1S/C28H29N3O3S2/c1-4-5-15-34-22-12-9-20(10-13-22)27(33)29-21-11-14-23-24(16-21)36-28(30-23)35-17-25(32)31-26-18(2)7-6-8-19(26)3/h6-14,16H,4-5,15,17H2,1-3H3,(H,29,33)(H,31,32). The van der Waals surface area contributed by atoms with Crippen LogP contribution in [-0.4, -0.2) is 29.2 Å². The molecule has 186 valence electrons. The molecule has 6 nitrogen and oxygen atoms in total. The molecule has 1 heterocycles. The van der Waals surface area contributed by atoms with Crippen molar-refractivity contribution in [2.45, 2.75) is 38.0 Å². The summed E-state index contributed by atoms with van der Waals surface area (Å²) in [6.45, 7) is 6.76. The molecule has 0 aliphatic carbocycles. The van der Waals surface area contributed by atoms with Crippen molar-refractivity contribution in [3.63, 3.8) is 0 Å². The fourth-order valence-electron chi connectivity index (χ4n) is 3.60. The minimum Gasteiger partial charge on any atom is -0.494 e. The van der Waals surface area contributed by atoms with Gasteiger partial charge in [0, 0.05) is 16.9 Å². The van der Waals surface area contributed by atoms with Crippen LogP contribution in [0.1, 0.15) is 41.3 Å². The van der Waals surface area contributed by atoms with Gasteiger partial charge in [-0.25, -0.2) is 4.98 Å². The normalized spacial score (nSPS) is 10.9. The summed E-state index contributed by atoms with van der Waals surface area (Å²) in [6, 6.07) is 18.7. The van der Waals surface area contributed by atoms with Crippen molar-refractivity contribution in [1.29, 1.82) is 0 Å². The number of anilines is 2. The second kappa shape index (κ2) is 12.1. The number of nitrogens with one attached hydrogen (secondary N) is 2. The van der Waals surface area contributed by atoms with E-state index in [0.29, 0.717) is 17.9 Å². The molecule has 0 unspecified atom stereocenters. The van der Waals surface area contributed by atoms with Crippen LogP contribution in [0.2, 0.25) is 0 Å². The Hall–Kier alpha value is -3.36. The van der Waals surface area contributed by atoms with Crippen molar-refractivity contribution in [2.24, 2.45) is 0 Å². The topological polar surface area (TPSA) is 80.3 Å². The van der Waals surface area contributed by atoms with Crippen molar-refractivity contribution >= 4 is 56.5 Å². The first-order chi connectivity index (χ1) is 17.4. The monoisotopic (exact) mass is 519 g/mol. The molecule has 0 saturated carbocycles. The molecular weight excluding hydrogens is 490 g/mol. The zero-order valence-corrected chi connectivity index (χ0v) is 22.2. The van der Waals surface area contributed by atoms with E-state index in [1.165, 1.54) is 23.1 Å². The maximum absolute atomic E-state index is 12.7. The fraction of sp³-hybridized carbons (Fsp3) is 0.250. The smallest absolute Gasteiger partial charge is 0.255 e. The predicted molar refractivity (Wildman–Crippen MR) is 150 cm³/mol. The number of nitrogens with zero attached hydrogens (tertiary/aromatic N) is 1. The number of ether oxygens (including phenoxy) is 1. The highest BCUT2D eigenvalue weighted by Gasteiger charge is 2.12. The molecule has 0 saturated heterocycles. The van der Waals surface area contributed by atoms with Gasteiger partial charge >= 0.3 is 0 Å². The minimum atomic E-state index is -0.184. The highest BCUT2D eigenvalue weighted by Crippen LogP contribution is 2.32. The Morgan fingerprint density at radius 3 is 2.47 bits per heavy atom. The Morgan fingerprint density at radius 1 is 1.00 bits per heavy atom. The van der Waals surface area contributed by atoms with Crippen molar-refractivity contribution in [3.8, 4) is 5.75 Å². The lowest BCUT2D eigenvalue weighted by Crippen LogP contribution is -2.15. The number of carbonyl (C=O) groups is 2. The molecule has 4 aromatic rings. The van der Waals surface area contributed by atoms with Crippen molar-refractivity contribution in [1.82, 2.24) is 4.98 Å². The quantitative estimate of drug-likeness (QED) is 0.173. The van der Waals surface area contributed by atoms with Gasteiger partial charge in [-0.1, -0.05) is 43.3 Å². The first-order valence-electron chi connectivity index (χ1n) is 11.9. The number of para-hydroxylation sites is 1. The van der Waals surface area contributed by atoms with Gasteiger partial charge in [-0.15, -0.1) is 11.3 Å². The average molecular weight is 520 g/mol. The summed E-state index contributed by atoms with van der Waals surface area (Å²) < 4.78 is 7.42. The van der Waals surface area contributed by atoms with Crippen LogP contribution in [0, 0.1) is 13.8 Å². The van der Waals surface area contributed by atoms with Crippen LogP contribution in [0.25, 0.3) is 10.2 Å². The highest BCUT2D eigenvalue weighted by molar-refractivity contribution is 8.01. The number of rotatable bonds is 10. The lowest BCUT2D eigenvalue weighted by molar-refractivity contribution is -0.113. The third-order valence-electron chi connectivity index (χ3n) is 5.58. The number of unbranched alkanes of at least 4 members (excludes halogenated alkanes) is 1. The Kier molecular flexibility index (Phi) is 8.61. The van der Waals surface area contributed by atoms with Gasteiger partial charge in [-0.05, 0) is 73.9 Å². The predicted octanol–water partition coefficient (Wildman–Crippen LogP) is 7.08. The molecule has 3 aromatic carbocycles. The van der Waals surface area contributed by atoms with E-state index in [9.17, 15) is 9.59 Å². The van der Waals surface area contributed by atoms with Gasteiger partial charge in [-0.2, -0.15) is 0 Å². The van der Waals surface area contributed by atoms with Gasteiger partial charge in [0.05, 0.1) is 22.6 Å². The molecule has 36 heavy (non-hydrogen) atoms. The number of benzene rings is 3. The molecule has 8 heteroatoms. The molecule has 2 N–H and O–H groups in total. The highest BCUT2D eigenvalue weighted by atomic mass is 32.2. The van der Waals surface area contributed by atoms with Gasteiger partial charge < -0.3 is 15.4 Å². The van der Waals surface area contributed by atoms with Crippen LogP contribution >= 0.6 is 23.1 Å². The van der Waals surface area contributed by atoms with Crippen LogP contribution in [0.15, 0.2) is 65.0 Å². The zero-order valence-electron chi connectivity index (χ0n) is 20.6. The minimum absolute atomic E-state index is 0.0635. The molecule has 1 aromatic heterocycles. The molecule has 0 atom stereocenters. The van der Waals surface area contributed by atoms with E-state index in [2.05, 4.69) is 22.5 Å². The molecule has 0 bridgehead atoms. The first-order valence-corrected chi connectivity index (χ1v) is 13.7. The number of hydrogen-bond donors (Lipinski definition) is 2. The van der Waals surface area contributed by atoms with E-state index in [1.807, 2.05) is 62.4 Å². The van der Waals surface area contributed by atoms with E-state index in [4.69, 9.17) is 4.74 Å². The van der Waals surface area contributed by atoms with Crippen LogP contribution in [0.3, 0.4) is 0 Å². The molecular formula is C28H29N3O3S2. The van der Waals surface area contributed by atoms with Gasteiger partial charge in [-0.3, -0.25) is 9.59 Å². The summed E-state index contributed by atoms with van der Waals surface area (Å²) in [6.07, 6.45) is 2.08. The van der Waals surface area contributed by atoms with E-state index in [0.717, 1.165) is 50.0 Å². The average Bonchev–Trinajstić information content (AvgIpc) is 3.28. The van der Waals surface area contributed by atoms with E-state index in [1.54, 1.807) is 12.1 Å². The third-order valence-corrected chi connectivity index (χ3v) is 7.74. The van der Waals surface area contributed by atoms with E-state index >= 15 is 0 Å². The van der Waals surface area contributed by atoms with Crippen LogP contribution in [0.5, 0.6) is 5.75 Å². The number of carbonyl (C=O) groups excluding carboxylic acids is 2. The molecule has 4 rings (SSSR count). The fourth-order valence-corrected chi connectivity index (χ4v) is 5.51. The second-order valence-corrected chi connectivity index (χ2v) is 10.7. The number of hydrogen-bond acceptors (Lipinski definition) is 6. The van der Waals surface area contributed by atoms with Gasteiger partial charge in [0.2, 0.25) is 5.91 Å². The summed E-state index contributed by atoms with van der Waals surface area (Å²) in [7, 11) is 0. The Bertz CT molecular complexity index is 1350. The summed E-state index contributed by atoms with van der Waals surface area (Å²) in [5.74, 6) is 0.789. The summed E-state index contributed by atoms with van der Waals surface area (Å²) in [5.41, 5.74) is 5.05. The largest absolute Gasteiger partial charge is 0.494 e. The van der Waals surface area contributed by atoms with E-state index < -0.39 is 0 Å².